The van der Waals surface area contributed by atoms with Crippen molar-refractivity contribution in [3.63, 3.8) is 0 Å². The fourth-order valence-electron chi connectivity index (χ4n) is 2.83. The highest BCUT2D eigenvalue weighted by molar-refractivity contribution is 5.80. The second kappa shape index (κ2) is 3.78. The quantitative estimate of drug-likeness (QED) is 0.721. The van der Waals surface area contributed by atoms with Crippen LogP contribution in [0.5, 0.6) is 5.75 Å². The topological polar surface area (TPSA) is 33.0 Å². The van der Waals surface area contributed by atoms with Gasteiger partial charge in [-0.2, -0.15) is 5.26 Å². The van der Waals surface area contributed by atoms with E-state index in [-0.39, 0.29) is 0 Å². The molecule has 2 bridgehead atoms. The minimum Gasteiger partial charge on any atom is -0.497 e. The maximum absolute atomic E-state index is 9.27. The molecule has 2 nitrogen and oxygen atoms in total. The third-order valence-corrected chi connectivity index (χ3v) is 3.62. The maximum atomic E-state index is 9.27. The summed E-state index contributed by atoms with van der Waals surface area (Å²) in [6.45, 7) is 0. The number of hydrogen-bond acceptors (Lipinski definition) is 2. The van der Waals surface area contributed by atoms with E-state index in [1.807, 2.05) is 18.2 Å². The summed E-state index contributed by atoms with van der Waals surface area (Å²) < 4.78 is 5.24. The Labute approximate surface area is 101 Å². The van der Waals surface area contributed by atoms with Crippen molar-refractivity contribution in [2.45, 2.75) is 6.42 Å². The minimum atomic E-state index is 0.339. The van der Waals surface area contributed by atoms with Gasteiger partial charge < -0.3 is 4.74 Å². The van der Waals surface area contributed by atoms with Gasteiger partial charge in [0.2, 0.25) is 0 Å². The fraction of sp³-hybridized carbons (Fsp3) is 0.267. The molecule has 0 saturated carbocycles. The van der Waals surface area contributed by atoms with Crippen molar-refractivity contribution in [2.24, 2.45) is 11.8 Å². The Morgan fingerprint density at radius 1 is 1.29 bits per heavy atom. The number of allylic oxidation sites excluding steroid dienone is 4. The summed E-state index contributed by atoms with van der Waals surface area (Å²) >= 11 is 0. The normalized spacial score (nSPS) is 25.2. The molecule has 0 saturated heterocycles. The molecule has 2 aliphatic carbocycles. The maximum Gasteiger partial charge on any atom is 0.119 e. The van der Waals surface area contributed by atoms with Crippen molar-refractivity contribution < 1.29 is 4.74 Å². The Kier molecular flexibility index (Phi) is 2.26. The van der Waals surface area contributed by atoms with E-state index in [0.717, 1.165) is 23.3 Å². The average molecular weight is 223 g/mol. The summed E-state index contributed by atoms with van der Waals surface area (Å²) in [4.78, 5) is 0. The molecule has 2 atom stereocenters. The molecule has 1 aromatic carbocycles. The van der Waals surface area contributed by atoms with E-state index < -0.39 is 0 Å². The lowest BCUT2D eigenvalue weighted by Crippen LogP contribution is -1.97. The Bertz CT molecular complexity index is 563. The molecule has 0 radical (unpaired) electrons. The van der Waals surface area contributed by atoms with Crippen molar-refractivity contribution in [3.05, 3.63) is 47.6 Å². The molecule has 0 amide bonds. The predicted molar refractivity (Wildman–Crippen MR) is 66.3 cm³/mol. The molecule has 17 heavy (non-hydrogen) atoms. The summed E-state index contributed by atoms with van der Waals surface area (Å²) in [6, 6.07) is 10.4. The van der Waals surface area contributed by atoms with Crippen LogP contribution in [-0.2, 0) is 0 Å². The standard InChI is InChI=1S/C15H13NO/c1-17-13-4-2-3-11(8-13)15-12-6-5-10(7-12)14(15)9-16/h2-6,8,10,12H,7H2,1H3. The molecule has 2 heteroatoms. The highest BCUT2D eigenvalue weighted by Crippen LogP contribution is 2.48. The molecule has 0 heterocycles. The lowest BCUT2D eigenvalue weighted by Gasteiger charge is -2.13. The molecule has 0 spiro atoms. The van der Waals surface area contributed by atoms with Crippen molar-refractivity contribution >= 4 is 5.57 Å². The molecule has 1 aromatic rings. The van der Waals surface area contributed by atoms with Gasteiger partial charge in [-0.05, 0) is 29.7 Å². The van der Waals surface area contributed by atoms with Gasteiger partial charge >= 0.3 is 0 Å². The highest BCUT2D eigenvalue weighted by atomic mass is 16.5. The van der Waals surface area contributed by atoms with Crippen LogP contribution in [0.2, 0.25) is 0 Å². The zero-order valence-corrected chi connectivity index (χ0v) is 9.68. The summed E-state index contributed by atoms with van der Waals surface area (Å²) in [7, 11) is 1.67. The number of fused-ring (bicyclic) bond motifs is 2. The van der Waals surface area contributed by atoms with Crippen molar-refractivity contribution in [2.75, 3.05) is 7.11 Å². The van der Waals surface area contributed by atoms with Crippen LogP contribution in [0, 0.1) is 23.2 Å². The molecule has 2 unspecified atom stereocenters. The summed E-state index contributed by atoms with van der Waals surface area (Å²) in [5.41, 5.74) is 3.25. The van der Waals surface area contributed by atoms with Gasteiger partial charge in [0, 0.05) is 17.4 Å². The Morgan fingerprint density at radius 2 is 2.12 bits per heavy atom. The van der Waals surface area contributed by atoms with Crippen LogP contribution in [0.1, 0.15) is 12.0 Å². The van der Waals surface area contributed by atoms with Crippen LogP contribution in [0.25, 0.3) is 5.57 Å². The van der Waals surface area contributed by atoms with Crippen LogP contribution < -0.4 is 4.74 Å². The van der Waals surface area contributed by atoms with Gasteiger partial charge in [-0.1, -0.05) is 24.3 Å². The third kappa shape index (κ3) is 1.47. The first-order chi connectivity index (χ1) is 8.33. The number of nitriles is 1. The molecule has 0 aliphatic heterocycles. The van der Waals surface area contributed by atoms with E-state index in [0.29, 0.717) is 11.8 Å². The highest BCUT2D eigenvalue weighted by Gasteiger charge is 2.35. The summed E-state index contributed by atoms with van der Waals surface area (Å²) in [5.74, 6) is 1.60. The predicted octanol–water partition coefficient (Wildman–Crippen LogP) is 3.18. The van der Waals surface area contributed by atoms with Crippen LogP contribution in [0.15, 0.2) is 42.0 Å². The van der Waals surface area contributed by atoms with E-state index in [1.165, 1.54) is 5.57 Å². The second-order valence-electron chi connectivity index (χ2n) is 4.50. The number of hydrogen-bond donors (Lipinski definition) is 0. The van der Waals surface area contributed by atoms with Crippen molar-refractivity contribution in [3.8, 4) is 11.8 Å². The Hall–Kier alpha value is -2.01. The molecule has 0 N–H and O–H groups in total. The Balaban J connectivity index is 2.09. The fourth-order valence-corrected chi connectivity index (χ4v) is 2.83. The number of ether oxygens (including phenoxy) is 1. The van der Waals surface area contributed by atoms with Gasteiger partial charge in [-0.25, -0.2) is 0 Å². The van der Waals surface area contributed by atoms with Crippen LogP contribution in [-0.4, -0.2) is 7.11 Å². The van der Waals surface area contributed by atoms with Crippen LogP contribution in [0.3, 0.4) is 0 Å². The molecule has 0 aromatic heterocycles. The smallest absolute Gasteiger partial charge is 0.119 e. The van der Waals surface area contributed by atoms with E-state index in [1.54, 1.807) is 7.11 Å². The Morgan fingerprint density at radius 3 is 2.88 bits per heavy atom. The van der Waals surface area contributed by atoms with Crippen molar-refractivity contribution in [1.82, 2.24) is 0 Å². The van der Waals surface area contributed by atoms with E-state index in [2.05, 4.69) is 24.3 Å². The second-order valence-corrected chi connectivity index (χ2v) is 4.50. The van der Waals surface area contributed by atoms with Crippen molar-refractivity contribution in [1.29, 1.82) is 5.26 Å². The van der Waals surface area contributed by atoms with E-state index >= 15 is 0 Å². The summed E-state index contributed by atoms with van der Waals surface area (Å²) in [6.07, 6.45) is 5.45. The monoisotopic (exact) mass is 223 g/mol. The summed E-state index contributed by atoms with van der Waals surface area (Å²) in [5, 5.41) is 9.27. The molecular formula is C15H13NO. The number of methoxy groups -OCH3 is 1. The van der Waals surface area contributed by atoms with Gasteiger partial charge in [0.1, 0.15) is 5.75 Å². The first kappa shape index (κ1) is 10.2. The minimum absolute atomic E-state index is 0.339. The van der Waals surface area contributed by atoms with E-state index in [9.17, 15) is 5.26 Å². The molecule has 84 valence electrons. The molecule has 0 fully saturated rings. The third-order valence-electron chi connectivity index (χ3n) is 3.62. The largest absolute Gasteiger partial charge is 0.497 e. The zero-order valence-electron chi connectivity index (χ0n) is 9.68. The number of benzene rings is 1. The van der Waals surface area contributed by atoms with Crippen LogP contribution >= 0.6 is 0 Å². The number of nitrogens with zero attached hydrogens (tertiary/aromatic N) is 1. The van der Waals surface area contributed by atoms with Gasteiger partial charge in [-0.15, -0.1) is 0 Å². The number of rotatable bonds is 2. The lowest BCUT2D eigenvalue weighted by atomic mass is 9.91. The SMILES string of the molecule is COc1cccc(C2=C(C#N)C3C=CC2C3)c1. The van der Waals surface area contributed by atoms with E-state index in [4.69, 9.17) is 4.74 Å². The van der Waals surface area contributed by atoms with Gasteiger partial charge in [0.25, 0.3) is 0 Å². The zero-order chi connectivity index (χ0) is 11.8. The molecule has 2 aliphatic rings. The van der Waals surface area contributed by atoms with Gasteiger partial charge in [-0.3, -0.25) is 0 Å². The first-order valence-electron chi connectivity index (χ1n) is 5.80. The first-order valence-corrected chi connectivity index (χ1v) is 5.80. The lowest BCUT2D eigenvalue weighted by molar-refractivity contribution is 0.414. The average Bonchev–Trinajstić information content (AvgIpc) is 2.98. The van der Waals surface area contributed by atoms with Crippen LogP contribution in [0.4, 0.5) is 0 Å². The van der Waals surface area contributed by atoms with Gasteiger partial charge in [0.15, 0.2) is 0 Å². The van der Waals surface area contributed by atoms with Gasteiger partial charge in [0.05, 0.1) is 13.2 Å². The molecular weight excluding hydrogens is 210 g/mol. The molecule has 3 rings (SSSR count).